The molecule has 0 radical (unpaired) electrons. The fourth-order valence-electron chi connectivity index (χ4n) is 5.68. The van der Waals surface area contributed by atoms with Crippen molar-refractivity contribution in [3.8, 4) is 5.75 Å². The van der Waals surface area contributed by atoms with Crippen molar-refractivity contribution in [2.75, 3.05) is 19.0 Å². The molecule has 5 rings (SSSR count). The summed E-state index contributed by atoms with van der Waals surface area (Å²) in [5.74, 6) is -0.0546. The van der Waals surface area contributed by atoms with Gasteiger partial charge in [0.2, 0.25) is 5.91 Å². The highest BCUT2D eigenvalue weighted by Crippen LogP contribution is 2.33. The molecule has 0 unspecified atom stereocenters. The zero-order chi connectivity index (χ0) is 26.6. The molecule has 1 saturated carbocycles. The van der Waals surface area contributed by atoms with Crippen molar-refractivity contribution < 1.29 is 23.9 Å². The molecule has 1 aliphatic carbocycles. The molecule has 3 atom stereocenters. The molecule has 2 heterocycles. The van der Waals surface area contributed by atoms with Crippen LogP contribution in [0.1, 0.15) is 72.1 Å². The SMILES string of the molecule is CN1C(=O)c2cc(NC(=O)c3cccc(Cl)c3)ccc2OC[C@H]2O[C@@H](CC(=O)NC3CCCCC3)CC[C@H]21. The Bertz CT molecular complexity index is 1200. The van der Waals surface area contributed by atoms with Gasteiger partial charge in [-0.05, 0) is 62.1 Å². The van der Waals surface area contributed by atoms with Crippen LogP contribution < -0.4 is 15.4 Å². The fourth-order valence-corrected chi connectivity index (χ4v) is 5.87. The Kier molecular flexibility index (Phi) is 8.19. The maximum atomic E-state index is 13.5. The molecule has 2 aromatic rings. The number of amides is 3. The quantitative estimate of drug-likeness (QED) is 0.568. The third kappa shape index (κ3) is 6.13. The lowest BCUT2D eigenvalue weighted by atomic mass is 9.93. The largest absolute Gasteiger partial charge is 0.490 e. The van der Waals surface area contributed by atoms with E-state index in [4.69, 9.17) is 21.1 Å². The summed E-state index contributed by atoms with van der Waals surface area (Å²) >= 11 is 6.01. The van der Waals surface area contributed by atoms with Crippen molar-refractivity contribution in [2.24, 2.45) is 0 Å². The molecular weight excluding hydrogens is 506 g/mol. The van der Waals surface area contributed by atoms with Gasteiger partial charge in [-0.1, -0.05) is 36.9 Å². The first kappa shape index (κ1) is 26.5. The van der Waals surface area contributed by atoms with Crippen LogP contribution >= 0.6 is 11.6 Å². The Morgan fingerprint density at radius 3 is 2.66 bits per heavy atom. The summed E-state index contributed by atoms with van der Waals surface area (Å²) in [6.07, 6.45) is 6.89. The molecule has 3 aliphatic rings. The summed E-state index contributed by atoms with van der Waals surface area (Å²) < 4.78 is 12.4. The van der Waals surface area contributed by atoms with Gasteiger partial charge in [-0.25, -0.2) is 0 Å². The lowest BCUT2D eigenvalue weighted by Crippen LogP contribution is -2.54. The van der Waals surface area contributed by atoms with Crippen molar-refractivity contribution in [2.45, 2.75) is 75.7 Å². The summed E-state index contributed by atoms with van der Waals surface area (Å²) in [6.45, 7) is 0.268. The highest BCUT2D eigenvalue weighted by molar-refractivity contribution is 6.31. The van der Waals surface area contributed by atoms with Gasteiger partial charge in [0.15, 0.2) is 0 Å². The second kappa shape index (κ2) is 11.7. The zero-order valence-electron chi connectivity index (χ0n) is 21.6. The summed E-state index contributed by atoms with van der Waals surface area (Å²) in [7, 11) is 1.77. The van der Waals surface area contributed by atoms with E-state index in [0.717, 1.165) is 19.3 Å². The maximum Gasteiger partial charge on any atom is 0.257 e. The van der Waals surface area contributed by atoms with E-state index in [1.54, 1.807) is 54.4 Å². The van der Waals surface area contributed by atoms with Crippen LogP contribution in [0.3, 0.4) is 0 Å². The lowest BCUT2D eigenvalue weighted by molar-refractivity contribution is -0.134. The number of benzene rings is 2. The monoisotopic (exact) mass is 539 g/mol. The van der Waals surface area contributed by atoms with E-state index in [0.29, 0.717) is 40.4 Å². The van der Waals surface area contributed by atoms with Crippen LogP contribution in [0, 0.1) is 0 Å². The summed E-state index contributed by atoms with van der Waals surface area (Å²) in [4.78, 5) is 40.5. The number of hydrogen-bond donors (Lipinski definition) is 2. The van der Waals surface area contributed by atoms with E-state index in [2.05, 4.69) is 10.6 Å². The first-order valence-electron chi connectivity index (χ1n) is 13.4. The molecule has 0 spiro atoms. The molecule has 1 saturated heterocycles. The third-order valence-corrected chi connectivity index (χ3v) is 7.97. The van der Waals surface area contributed by atoms with Gasteiger partial charge < -0.3 is 25.0 Å². The molecule has 2 aliphatic heterocycles. The minimum Gasteiger partial charge on any atom is -0.490 e. The average molecular weight is 540 g/mol. The summed E-state index contributed by atoms with van der Waals surface area (Å²) in [5, 5.41) is 6.47. The Morgan fingerprint density at radius 2 is 1.87 bits per heavy atom. The van der Waals surface area contributed by atoms with E-state index in [9.17, 15) is 14.4 Å². The number of carbonyl (C=O) groups excluding carboxylic acids is 3. The van der Waals surface area contributed by atoms with Crippen LogP contribution in [0.2, 0.25) is 5.02 Å². The lowest BCUT2D eigenvalue weighted by Gasteiger charge is -2.42. The number of carbonyl (C=O) groups is 3. The van der Waals surface area contributed by atoms with Gasteiger partial charge in [-0.3, -0.25) is 14.4 Å². The number of nitrogens with zero attached hydrogens (tertiary/aromatic N) is 1. The highest BCUT2D eigenvalue weighted by Gasteiger charge is 2.39. The fraction of sp³-hybridized carbons (Fsp3) is 0.483. The smallest absolute Gasteiger partial charge is 0.257 e. The van der Waals surface area contributed by atoms with E-state index >= 15 is 0 Å². The molecular formula is C29H34ClN3O5. The van der Waals surface area contributed by atoms with Crippen LogP contribution in [0.15, 0.2) is 42.5 Å². The number of likely N-dealkylation sites (N-methyl/N-ethyl adjacent to an activating group) is 1. The van der Waals surface area contributed by atoms with Gasteiger partial charge in [0.25, 0.3) is 11.8 Å². The normalized spacial score (nSPS) is 23.8. The molecule has 8 nitrogen and oxygen atoms in total. The number of nitrogens with one attached hydrogen (secondary N) is 2. The van der Waals surface area contributed by atoms with Crippen molar-refractivity contribution in [1.29, 1.82) is 0 Å². The van der Waals surface area contributed by atoms with Gasteiger partial charge in [-0.15, -0.1) is 0 Å². The molecule has 2 fully saturated rings. The molecule has 3 amide bonds. The molecule has 38 heavy (non-hydrogen) atoms. The Hall–Kier alpha value is -3.10. The van der Waals surface area contributed by atoms with Crippen LogP contribution in [-0.2, 0) is 9.53 Å². The van der Waals surface area contributed by atoms with Crippen molar-refractivity contribution >= 4 is 35.0 Å². The molecule has 0 bridgehead atoms. The van der Waals surface area contributed by atoms with E-state index in [1.165, 1.54) is 19.3 Å². The average Bonchev–Trinajstić information content (AvgIpc) is 2.91. The number of fused-ring (bicyclic) bond motifs is 2. The van der Waals surface area contributed by atoms with Crippen LogP contribution in [0.5, 0.6) is 5.75 Å². The predicted molar refractivity (Wildman–Crippen MR) is 145 cm³/mol. The van der Waals surface area contributed by atoms with Crippen molar-refractivity contribution in [3.63, 3.8) is 0 Å². The van der Waals surface area contributed by atoms with E-state index in [-0.39, 0.29) is 48.6 Å². The molecule has 202 valence electrons. The first-order valence-corrected chi connectivity index (χ1v) is 13.8. The van der Waals surface area contributed by atoms with Gasteiger partial charge in [0.1, 0.15) is 18.5 Å². The van der Waals surface area contributed by atoms with Gasteiger partial charge >= 0.3 is 0 Å². The number of halogens is 1. The molecule has 2 aromatic carbocycles. The van der Waals surface area contributed by atoms with E-state index < -0.39 is 0 Å². The van der Waals surface area contributed by atoms with E-state index in [1.807, 2.05) is 0 Å². The Morgan fingerprint density at radius 1 is 1.05 bits per heavy atom. The second-order valence-corrected chi connectivity index (χ2v) is 10.9. The number of rotatable bonds is 5. The van der Waals surface area contributed by atoms with Gasteiger partial charge in [-0.2, -0.15) is 0 Å². The van der Waals surface area contributed by atoms with Crippen LogP contribution in [0.25, 0.3) is 0 Å². The number of anilines is 1. The minimum atomic E-state index is -0.333. The minimum absolute atomic E-state index is 0.0363. The molecule has 9 heteroatoms. The van der Waals surface area contributed by atoms with Crippen molar-refractivity contribution in [3.05, 3.63) is 58.6 Å². The Balaban J connectivity index is 1.24. The Labute approximate surface area is 228 Å². The zero-order valence-corrected chi connectivity index (χ0v) is 22.3. The van der Waals surface area contributed by atoms with Crippen LogP contribution in [-0.4, -0.2) is 60.6 Å². The summed E-state index contributed by atoms with van der Waals surface area (Å²) in [5.41, 5.74) is 1.29. The molecule has 2 N–H and O–H groups in total. The standard InChI is InChI=1S/C29H34ClN3O5/c1-33-24-12-11-22(16-27(34)31-20-8-3-2-4-9-20)38-26(24)17-37-25-13-10-21(15-23(25)29(33)36)32-28(35)18-6-5-7-19(30)14-18/h5-7,10,13-15,20,22,24,26H,2-4,8-9,11-12,16-17H2,1H3,(H,31,34)(H,32,35)/t22-,24-,26-/m1/s1. The van der Waals surface area contributed by atoms with Crippen molar-refractivity contribution in [1.82, 2.24) is 10.2 Å². The van der Waals surface area contributed by atoms with Crippen LogP contribution in [0.4, 0.5) is 5.69 Å². The second-order valence-electron chi connectivity index (χ2n) is 10.5. The van der Waals surface area contributed by atoms with Gasteiger partial charge in [0, 0.05) is 29.4 Å². The third-order valence-electron chi connectivity index (χ3n) is 7.74. The highest BCUT2D eigenvalue weighted by atomic mass is 35.5. The number of ether oxygens (including phenoxy) is 2. The maximum absolute atomic E-state index is 13.5. The summed E-state index contributed by atoms with van der Waals surface area (Å²) in [6, 6.07) is 11.8. The topological polar surface area (TPSA) is 97.0 Å². The molecule has 0 aromatic heterocycles. The predicted octanol–water partition coefficient (Wildman–Crippen LogP) is 4.81. The number of hydrogen-bond acceptors (Lipinski definition) is 5. The van der Waals surface area contributed by atoms with Gasteiger partial charge in [0.05, 0.1) is 24.1 Å². The first-order chi connectivity index (χ1) is 18.4.